The predicted octanol–water partition coefficient (Wildman–Crippen LogP) is 1.78. The molecular weight excluding hydrogens is 363 g/mol. The number of ether oxygens (including phenoxy) is 1. The smallest absolute Gasteiger partial charge is 0.337 e. The maximum atomic E-state index is 12.7. The second kappa shape index (κ2) is 8.30. The van der Waals surface area contributed by atoms with Crippen LogP contribution in [0.2, 0.25) is 5.02 Å². The van der Waals surface area contributed by atoms with Crippen LogP contribution < -0.4 is 5.32 Å². The lowest BCUT2D eigenvalue weighted by Crippen LogP contribution is -2.30. The summed E-state index contributed by atoms with van der Waals surface area (Å²) in [5, 5.41) is 3.09. The number of nitrogens with one attached hydrogen (secondary N) is 1. The van der Waals surface area contributed by atoms with E-state index in [1.807, 2.05) is 7.05 Å². The summed E-state index contributed by atoms with van der Waals surface area (Å²) in [6, 6.07) is 4.09. The summed E-state index contributed by atoms with van der Waals surface area (Å²) in [7, 11) is -0.545. The van der Waals surface area contributed by atoms with Crippen LogP contribution in [0.15, 0.2) is 23.1 Å². The Labute approximate surface area is 147 Å². The standard InChI is InChI=1S/C14H19ClN2O4S.ClH/c1-16-8-10-5-6-17(9-10)22(19,20)13-4-3-11(7-12(13)15)14(18)21-2;/h3-4,7,10,16H,5-6,8-9H2,1-2H3;1H. The van der Waals surface area contributed by atoms with Crippen molar-refractivity contribution < 1.29 is 17.9 Å². The van der Waals surface area contributed by atoms with Crippen molar-refractivity contribution in [3.8, 4) is 0 Å². The van der Waals surface area contributed by atoms with Crippen molar-refractivity contribution in [1.82, 2.24) is 9.62 Å². The average Bonchev–Trinajstić information content (AvgIpc) is 2.96. The number of halogens is 2. The fourth-order valence-corrected chi connectivity index (χ4v) is 4.61. The van der Waals surface area contributed by atoms with Gasteiger partial charge in [-0.25, -0.2) is 13.2 Å². The SMILES string of the molecule is CNCC1CCN(S(=O)(=O)c2ccc(C(=O)OC)cc2Cl)C1.Cl. The van der Waals surface area contributed by atoms with Gasteiger partial charge in [-0.2, -0.15) is 4.31 Å². The van der Waals surface area contributed by atoms with Gasteiger partial charge < -0.3 is 10.1 Å². The monoisotopic (exact) mass is 382 g/mol. The molecule has 0 spiro atoms. The normalized spacial score (nSPS) is 18.5. The summed E-state index contributed by atoms with van der Waals surface area (Å²) >= 11 is 6.06. The van der Waals surface area contributed by atoms with E-state index in [0.717, 1.165) is 13.0 Å². The van der Waals surface area contributed by atoms with Gasteiger partial charge in [0, 0.05) is 13.1 Å². The van der Waals surface area contributed by atoms with Gasteiger partial charge in [0.25, 0.3) is 0 Å². The van der Waals surface area contributed by atoms with Crippen molar-refractivity contribution in [3.63, 3.8) is 0 Å². The molecule has 23 heavy (non-hydrogen) atoms. The Morgan fingerprint density at radius 3 is 2.74 bits per heavy atom. The van der Waals surface area contributed by atoms with Crippen molar-refractivity contribution >= 4 is 40.0 Å². The third-order valence-electron chi connectivity index (χ3n) is 3.71. The Kier molecular flexibility index (Phi) is 7.29. The molecule has 9 heteroatoms. The third kappa shape index (κ3) is 4.36. The van der Waals surface area contributed by atoms with Crippen LogP contribution in [-0.4, -0.2) is 52.5 Å². The van der Waals surface area contributed by atoms with Crippen LogP contribution in [0.25, 0.3) is 0 Å². The highest BCUT2D eigenvalue weighted by atomic mass is 35.5. The molecule has 0 amide bonds. The first-order chi connectivity index (χ1) is 10.4. The molecule has 0 aromatic heterocycles. The number of esters is 1. The van der Waals surface area contributed by atoms with E-state index in [9.17, 15) is 13.2 Å². The van der Waals surface area contributed by atoms with Crippen molar-refractivity contribution in [2.75, 3.05) is 33.8 Å². The molecule has 1 unspecified atom stereocenters. The van der Waals surface area contributed by atoms with E-state index in [0.29, 0.717) is 19.0 Å². The van der Waals surface area contributed by atoms with Crippen molar-refractivity contribution in [3.05, 3.63) is 28.8 Å². The molecule has 0 aliphatic carbocycles. The zero-order chi connectivity index (χ0) is 16.3. The number of rotatable bonds is 5. The maximum absolute atomic E-state index is 12.7. The van der Waals surface area contributed by atoms with Crippen LogP contribution in [0, 0.1) is 5.92 Å². The Hall–Kier alpha value is -0.860. The first-order valence-corrected chi connectivity index (χ1v) is 8.74. The minimum absolute atomic E-state index is 0. The molecule has 1 fully saturated rings. The molecule has 1 aliphatic heterocycles. The highest BCUT2D eigenvalue weighted by Gasteiger charge is 2.33. The van der Waals surface area contributed by atoms with Crippen molar-refractivity contribution in [2.24, 2.45) is 5.92 Å². The van der Waals surface area contributed by atoms with E-state index in [-0.39, 0.29) is 27.9 Å². The topological polar surface area (TPSA) is 75.7 Å². The van der Waals surface area contributed by atoms with Crippen LogP contribution in [0.3, 0.4) is 0 Å². The average molecular weight is 383 g/mol. The fraction of sp³-hybridized carbons (Fsp3) is 0.500. The molecule has 1 heterocycles. The lowest BCUT2D eigenvalue weighted by molar-refractivity contribution is 0.0600. The van der Waals surface area contributed by atoms with Crippen LogP contribution in [-0.2, 0) is 14.8 Å². The minimum Gasteiger partial charge on any atom is -0.465 e. The molecule has 0 saturated carbocycles. The molecule has 1 aromatic rings. The predicted molar refractivity (Wildman–Crippen MR) is 90.8 cm³/mol. The zero-order valence-corrected chi connectivity index (χ0v) is 15.3. The Morgan fingerprint density at radius 1 is 1.48 bits per heavy atom. The van der Waals surface area contributed by atoms with Crippen molar-refractivity contribution in [2.45, 2.75) is 11.3 Å². The first-order valence-electron chi connectivity index (χ1n) is 6.92. The van der Waals surface area contributed by atoms with Gasteiger partial charge in [-0.15, -0.1) is 12.4 Å². The number of hydrogen-bond acceptors (Lipinski definition) is 5. The lowest BCUT2D eigenvalue weighted by Gasteiger charge is -2.17. The van der Waals surface area contributed by atoms with E-state index < -0.39 is 16.0 Å². The van der Waals surface area contributed by atoms with Crippen LogP contribution in [0.5, 0.6) is 0 Å². The third-order valence-corrected chi connectivity index (χ3v) is 6.06. The molecule has 6 nitrogen and oxygen atoms in total. The molecule has 1 aromatic carbocycles. The summed E-state index contributed by atoms with van der Waals surface area (Å²) in [4.78, 5) is 11.5. The lowest BCUT2D eigenvalue weighted by atomic mass is 10.1. The van der Waals surface area contributed by atoms with Crippen LogP contribution in [0.1, 0.15) is 16.8 Å². The van der Waals surface area contributed by atoms with E-state index in [4.69, 9.17) is 11.6 Å². The molecule has 1 N–H and O–H groups in total. The number of benzene rings is 1. The van der Waals surface area contributed by atoms with E-state index in [1.165, 1.54) is 29.6 Å². The van der Waals surface area contributed by atoms with Gasteiger partial charge in [0.1, 0.15) is 4.90 Å². The summed E-state index contributed by atoms with van der Waals surface area (Å²) in [6.07, 6.45) is 0.817. The van der Waals surface area contributed by atoms with E-state index >= 15 is 0 Å². The minimum atomic E-state index is -3.65. The van der Waals surface area contributed by atoms with Crippen LogP contribution >= 0.6 is 24.0 Å². The molecule has 1 aliphatic rings. The fourth-order valence-electron chi connectivity index (χ4n) is 2.56. The molecule has 0 bridgehead atoms. The highest BCUT2D eigenvalue weighted by molar-refractivity contribution is 7.89. The number of sulfonamides is 1. The Morgan fingerprint density at radius 2 is 2.17 bits per heavy atom. The second-order valence-corrected chi connectivity index (χ2v) is 7.53. The Bertz CT molecular complexity index is 667. The molecule has 2 rings (SSSR count). The van der Waals surface area contributed by atoms with E-state index in [1.54, 1.807) is 0 Å². The van der Waals surface area contributed by atoms with Gasteiger partial charge in [0.05, 0.1) is 17.7 Å². The molecule has 130 valence electrons. The van der Waals surface area contributed by atoms with Crippen molar-refractivity contribution in [1.29, 1.82) is 0 Å². The number of carbonyl (C=O) groups excluding carboxylic acids is 1. The van der Waals surface area contributed by atoms with Gasteiger partial charge in [-0.3, -0.25) is 0 Å². The Balaban J connectivity index is 0.00000264. The highest BCUT2D eigenvalue weighted by Crippen LogP contribution is 2.29. The largest absolute Gasteiger partial charge is 0.465 e. The number of nitrogens with zero attached hydrogens (tertiary/aromatic N) is 1. The van der Waals surface area contributed by atoms with Gasteiger partial charge in [0.2, 0.25) is 10.0 Å². The van der Waals surface area contributed by atoms with Gasteiger partial charge in [-0.1, -0.05) is 11.6 Å². The van der Waals surface area contributed by atoms with Gasteiger partial charge in [0.15, 0.2) is 0 Å². The quantitative estimate of drug-likeness (QED) is 0.785. The summed E-state index contributed by atoms with van der Waals surface area (Å²) in [5.41, 5.74) is 0.223. The summed E-state index contributed by atoms with van der Waals surface area (Å²) in [5.74, 6) is -0.256. The molecule has 0 radical (unpaired) electrons. The molecule has 1 atom stereocenters. The zero-order valence-electron chi connectivity index (χ0n) is 12.9. The van der Waals surface area contributed by atoms with Gasteiger partial charge >= 0.3 is 5.97 Å². The number of hydrogen-bond donors (Lipinski definition) is 1. The van der Waals surface area contributed by atoms with Gasteiger partial charge in [-0.05, 0) is 44.1 Å². The maximum Gasteiger partial charge on any atom is 0.337 e. The number of carbonyl (C=O) groups is 1. The summed E-state index contributed by atoms with van der Waals surface area (Å²) in [6.45, 7) is 1.73. The number of methoxy groups -OCH3 is 1. The molecular formula is C14H20Cl2N2O4S. The molecule has 1 saturated heterocycles. The summed E-state index contributed by atoms with van der Waals surface area (Å²) < 4.78 is 31.4. The van der Waals surface area contributed by atoms with E-state index in [2.05, 4.69) is 10.1 Å². The second-order valence-electron chi connectivity index (χ2n) is 5.21. The van der Waals surface area contributed by atoms with Crippen LogP contribution in [0.4, 0.5) is 0 Å². The first kappa shape index (κ1) is 20.2.